The van der Waals surface area contributed by atoms with E-state index in [4.69, 9.17) is 5.11 Å². The molecule has 13 heavy (non-hydrogen) atoms. The van der Waals surface area contributed by atoms with Gasteiger partial charge in [-0.15, -0.1) is 0 Å². The van der Waals surface area contributed by atoms with Crippen LogP contribution in [0.25, 0.3) is 0 Å². The van der Waals surface area contributed by atoms with Crippen LogP contribution in [0.5, 0.6) is 0 Å². The van der Waals surface area contributed by atoms with E-state index in [1.165, 1.54) is 5.56 Å². The second-order valence-electron chi connectivity index (χ2n) is 3.51. The van der Waals surface area contributed by atoms with Gasteiger partial charge >= 0.3 is 0 Å². The average molecular weight is 179 g/mol. The smallest absolute Gasteiger partial charge is 0.0681 e. The topological polar surface area (TPSA) is 32.3 Å². The highest BCUT2D eigenvalue weighted by molar-refractivity contribution is 5.21. The highest BCUT2D eigenvalue weighted by atomic mass is 16.3. The Kier molecular flexibility index (Phi) is 3.93. The number of rotatable bonds is 4. The van der Waals surface area contributed by atoms with Crippen molar-refractivity contribution in [1.29, 1.82) is 0 Å². The first-order valence-electron chi connectivity index (χ1n) is 4.64. The third kappa shape index (κ3) is 3.57. The predicted molar refractivity (Wildman–Crippen MR) is 54.3 cm³/mol. The van der Waals surface area contributed by atoms with Crippen LogP contribution in [0.4, 0.5) is 0 Å². The first kappa shape index (κ1) is 10.2. The lowest BCUT2D eigenvalue weighted by Crippen LogP contribution is -2.21. The van der Waals surface area contributed by atoms with E-state index in [-0.39, 0.29) is 6.61 Å². The fourth-order valence-electron chi connectivity index (χ4n) is 1.08. The summed E-state index contributed by atoms with van der Waals surface area (Å²) in [5.74, 6) is 0. The quantitative estimate of drug-likeness (QED) is 0.737. The molecule has 0 bridgehead atoms. The van der Waals surface area contributed by atoms with Crippen LogP contribution in [-0.2, 0) is 13.2 Å². The van der Waals surface area contributed by atoms with E-state index in [0.717, 1.165) is 12.1 Å². The molecule has 1 rings (SSSR count). The Labute approximate surface area is 79.6 Å². The maximum Gasteiger partial charge on any atom is 0.0681 e. The summed E-state index contributed by atoms with van der Waals surface area (Å²) in [5.41, 5.74) is 2.22. The molecule has 0 aromatic heterocycles. The Morgan fingerprint density at radius 3 is 2.15 bits per heavy atom. The van der Waals surface area contributed by atoms with Crippen LogP contribution < -0.4 is 5.32 Å². The summed E-state index contributed by atoms with van der Waals surface area (Å²) >= 11 is 0. The van der Waals surface area contributed by atoms with Crippen molar-refractivity contribution in [3.8, 4) is 0 Å². The average Bonchev–Trinajstić information content (AvgIpc) is 2.15. The molecule has 2 N–H and O–H groups in total. The van der Waals surface area contributed by atoms with Gasteiger partial charge < -0.3 is 10.4 Å². The van der Waals surface area contributed by atoms with Crippen LogP contribution in [0.2, 0.25) is 0 Å². The number of aliphatic hydroxyl groups excluding tert-OH is 1. The summed E-state index contributed by atoms with van der Waals surface area (Å²) < 4.78 is 0. The molecule has 0 aliphatic heterocycles. The van der Waals surface area contributed by atoms with E-state index in [1.807, 2.05) is 24.3 Å². The second-order valence-corrected chi connectivity index (χ2v) is 3.51. The molecule has 72 valence electrons. The van der Waals surface area contributed by atoms with Crippen molar-refractivity contribution < 1.29 is 5.11 Å². The van der Waals surface area contributed by atoms with Crippen LogP contribution in [0.3, 0.4) is 0 Å². The number of aliphatic hydroxyl groups is 1. The molecule has 0 atom stereocenters. The Hall–Kier alpha value is -0.860. The highest BCUT2D eigenvalue weighted by Gasteiger charge is 1.95. The fraction of sp³-hybridized carbons (Fsp3) is 0.455. The van der Waals surface area contributed by atoms with Crippen molar-refractivity contribution in [2.75, 3.05) is 0 Å². The van der Waals surface area contributed by atoms with E-state index in [1.54, 1.807) is 0 Å². The minimum absolute atomic E-state index is 0.123. The van der Waals surface area contributed by atoms with Crippen molar-refractivity contribution in [3.05, 3.63) is 35.4 Å². The third-order valence-corrected chi connectivity index (χ3v) is 1.92. The molecule has 0 fully saturated rings. The first-order valence-corrected chi connectivity index (χ1v) is 4.64. The van der Waals surface area contributed by atoms with Crippen LogP contribution in [-0.4, -0.2) is 11.1 Å². The molecule has 0 radical (unpaired) electrons. The summed E-state index contributed by atoms with van der Waals surface area (Å²) in [6, 6.07) is 8.51. The van der Waals surface area contributed by atoms with Crippen molar-refractivity contribution in [1.82, 2.24) is 5.32 Å². The van der Waals surface area contributed by atoms with Crippen LogP contribution in [0.15, 0.2) is 24.3 Å². The standard InChI is InChI=1S/C11H17NO/c1-9(2)12-7-10-3-5-11(8-13)6-4-10/h3-6,9,12-13H,7-8H2,1-2H3. The van der Waals surface area contributed by atoms with Crippen LogP contribution in [0, 0.1) is 0 Å². The zero-order valence-electron chi connectivity index (χ0n) is 8.25. The third-order valence-electron chi connectivity index (χ3n) is 1.92. The highest BCUT2D eigenvalue weighted by Crippen LogP contribution is 2.04. The van der Waals surface area contributed by atoms with Gasteiger partial charge in [-0.3, -0.25) is 0 Å². The van der Waals surface area contributed by atoms with Crippen LogP contribution in [0.1, 0.15) is 25.0 Å². The molecule has 0 amide bonds. The lowest BCUT2D eigenvalue weighted by atomic mass is 10.1. The molecular weight excluding hydrogens is 162 g/mol. The molecule has 0 aliphatic rings. The Balaban J connectivity index is 2.49. The first-order chi connectivity index (χ1) is 6.22. The second kappa shape index (κ2) is 5.00. The van der Waals surface area contributed by atoms with Crippen molar-refractivity contribution in [3.63, 3.8) is 0 Å². The van der Waals surface area contributed by atoms with Gasteiger partial charge in [0.2, 0.25) is 0 Å². The molecule has 0 saturated heterocycles. The monoisotopic (exact) mass is 179 g/mol. The molecule has 2 nitrogen and oxygen atoms in total. The van der Waals surface area contributed by atoms with Gasteiger partial charge in [-0.2, -0.15) is 0 Å². The van der Waals surface area contributed by atoms with Crippen molar-refractivity contribution in [2.24, 2.45) is 0 Å². The molecule has 0 aliphatic carbocycles. The normalized spacial score (nSPS) is 10.8. The Morgan fingerprint density at radius 2 is 1.69 bits per heavy atom. The summed E-state index contributed by atoms with van der Waals surface area (Å²) in [4.78, 5) is 0. The molecule has 2 heteroatoms. The summed E-state index contributed by atoms with van der Waals surface area (Å²) in [7, 11) is 0. The van der Waals surface area contributed by atoms with E-state index >= 15 is 0 Å². The predicted octanol–water partition coefficient (Wildman–Crippen LogP) is 1.68. The number of hydrogen-bond acceptors (Lipinski definition) is 2. The zero-order valence-corrected chi connectivity index (χ0v) is 8.25. The van der Waals surface area contributed by atoms with Gasteiger partial charge in [0.15, 0.2) is 0 Å². The lowest BCUT2D eigenvalue weighted by Gasteiger charge is -2.08. The van der Waals surface area contributed by atoms with Gasteiger partial charge in [0.1, 0.15) is 0 Å². The lowest BCUT2D eigenvalue weighted by molar-refractivity contribution is 0.282. The SMILES string of the molecule is CC(C)NCc1ccc(CO)cc1. The number of hydrogen-bond donors (Lipinski definition) is 2. The summed E-state index contributed by atoms with van der Waals surface area (Å²) in [6.45, 7) is 5.27. The number of nitrogens with one attached hydrogen (secondary N) is 1. The fourth-order valence-corrected chi connectivity index (χ4v) is 1.08. The number of benzene rings is 1. The molecule has 0 saturated carbocycles. The van der Waals surface area contributed by atoms with Crippen molar-refractivity contribution in [2.45, 2.75) is 33.0 Å². The van der Waals surface area contributed by atoms with Crippen LogP contribution >= 0.6 is 0 Å². The Morgan fingerprint density at radius 1 is 1.15 bits per heavy atom. The molecular formula is C11H17NO. The van der Waals surface area contributed by atoms with Gasteiger partial charge in [0, 0.05) is 12.6 Å². The Bertz CT molecular complexity index is 241. The minimum Gasteiger partial charge on any atom is -0.392 e. The molecule has 0 spiro atoms. The van der Waals surface area contributed by atoms with E-state index in [2.05, 4.69) is 19.2 Å². The largest absolute Gasteiger partial charge is 0.392 e. The van der Waals surface area contributed by atoms with Gasteiger partial charge in [0.25, 0.3) is 0 Å². The van der Waals surface area contributed by atoms with E-state index < -0.39 is 0 Å². The van der Waals surface area contributed by atoms with Gasteiger partial charge in [0.05, 0.1) is 6.61 Å². The van der Waals surface area contributed by atoms with E-state index in [0.29, 0.717) is 6.04 Å². The minimum atomic E-state index is 0.123. The zero-order chi connectivity index (χ0) is 9.68. The van der Waals surface area contributed by atoms with Gasteiger partial charge in [-0.1, -0.05) is 38.1 Å². The maximum absolute atomic E-state index is 8.83. The van der Waals surface area contributed by atoms with Gasteiger partial charge in [-0.05, 0) is 11.1 Å². The maximum atomic E-state index is 8.83. The van der Waals surface area contributed by atoms with Crippen molar-refractivity contribution >= 4 is 0 Å². The summed E-state index contributed by atoms with van der Waals surface area (Å²) in [6.07, 6.45) is 0. The molecule has 1 aromatic carbocycles. The molecule has 0 unspecified atom stereocenters. The van der Waals surface area contributed by atoms with E-state index in [9.17, 15) is 0 Å². The molecule has 1 aromatic rings. The summed E-state index contributed by atoms with van der Waals surface area (Å²) in [5, 5.41) is 12.2. The van der Waals surface area contributed by atoms with Gasteiger partial charge in [-0.25, -0.2) is 0 Å². The molecule has 0 heterocycles.